The zero-order chi connectivity index (χ0) is 13.0. The highest BCUT2D eigenvalue weighted by molar-refractivity contribution is 6.01. The molecule has 0 aliphatic rings. The minimum absolute atomic E-state index is 0.124. The lowest BCUT2D eigenvalue weighted by Crippen LogP contribution is -2.19. The maximum absolute atomic E-state index is 11.4. The highest BCUT2D eigenvalue weighted by Gasteiger charge is 2.07. The number of amides is 1. The highest BCUT2D eigenvalue weighted by atomic mass is 16.1. The van der Waals surface area contributed by atoms with Gasteiger partial charge >= 0.3 is 0 Å². The van der Waals surface area contributed by atoms with Gasteiger partial charge in [0.15, 0.2) is 0 Å². The molecule has 17 heavy (non-hydrogen) atoms. The fraction of sp³-hybridized carbons (Fsp3) is 0.286. The first-order chi connectivity index (χ1) is 7.99. The third kappa shape index (κ3) is 2.94. The number of rotatable bonds is 2. The van der Waals surface area contributed by atoms with E-state index in [0.717, 1.165) is 16.7 Å². The molecule has 1 rings (SSSR count). The van der Waals surface area contributed by atoms with E-state index in [1.807, 2.05) is 32.9 Å². The molecule has 0 fully saturated rings. The second-order valence-corrected chi connectivity index (χ2v) is 4.04. The molecule has 3 heteroatoms. The molecule has 0 spiro atoms. The number of nitriles is 1. The van der Waals surface area contributed by atoms with Gasteiger partial charge in [-0.25, -0.2) is 0 Å². The van der Waals surface area contributed by atoms with Crippen molar-refractivity contribution in [3.8, 4) is 6.07 Å². The van der Waals surface area contributed by atoms with Crippen molar-refractivity contribution in [2.75, 3.05) is 7.05 Å². The number of nitrogens with one attached hydrogen (secondary N) is 1. The number of likely N-dealkylation sites (N-methyl/N-ethyl adjacent to an activating group) is 1. The van der Waals surface area contributed by atoms with Crippen molar-refractivity contribution in [3.63, 3.8) is 0 Å². The largest absolute Gasteiger partial charge is 0.354 e. The van der Waals surface area contributed by atoms with E-state index in [0.29, 0.717) is 0 Å². The minimum atomic E-state index is -0.356. The van der Waals surface area contributed by atoms with Crippen molar-refractivity contribution < 1.29 is 4.79 Å². The maximum Gasteiger partial charge on any atom is 0.261 e. The van der Waals surface area contributed by atoms with Crippen LogP contribution in [0.5, 0.6) is 0 Å². The van der Waals surface area contributed by atoms with Crippen LogP contribution >= 0.6 is 0 Å². The summed E-state index contributed by atoms with van der Waals surface area (Å²) in [6.45, 7) is 6.02. The van der Waals surface area contributed by atoms with Crippen molar-refractivity contribution in [2.45, 2.75) is 20.8 Å². The predicted octanol–water partition coefficient (Wildman–Crippen LogP) is 2.26. The Bertz CT molecular complexity index is 522. The van der Waals surface area contributed by atoms with Gasteiger partial charge in [-0.1, -0.05) is 12.1 Å². The molecule has 0 saturated carbocycles. The van der Waals surface area contributed by atoms with E-state index >= 15 is 0 Å². The van der Waals surface area contributed by atoms with Gasteiger partial charge in [0.05, 0.1) is 0 Å². The summed E-state index contributed by atoms with van der Waals surface area (Å²) in [6.07, 6.45) is 1.63. The molecule has 0 radical (unpaired) electrons. The number of hydrogen-bond donors (Lipinski definition) is 1. The Morgan fingerprint density at radius 2 is 1.82 bits per heavy atom. The van der Waals surface area contributed by atoms with Crippen LogP contribution in [0.3, 0.4) is 0 Å². The quantitative estimate of drug-likeness (QED) is 0.623. The van der Waals surface area contributed by atoms with Crippen LogP contribution in [0, 0.1) is 32.1 Å². The zero-order valence-corrected chi connectivity index (χ0v) is 10.6. The molecule has 0 heterocycles. The Balaban J connectivity index is 3.27. The van der Waals surface area contributed by atoms with Crippen molar-refractivity contribution in [2.24, 2.45) is 0 Å². The predicted molar refractivity (Wildman–Crippen MR) is 68.3 cm³/mol. The molecule has 3 nitrogen and oxygen atoms in total. The van der Waals surface area contributed by atoms with E-state index in [-0.39, 0.29) is 11.5 Å². The van der Waals surface area contributed by atoms with Crippen LogP contribution in [0.1, 0.15) is 22.3 Å². The summed E-state index contributed by atoms with van der Waals surface area (Å²) in [4.78, 5) is 11.4. The summed E-state index contributed by atoms with van der Waals surface area (Å²) in [5.74, 6) is -0.356. The van der Waals surface area contributed by atoms with E-state index in [9.17, 15) is 4.79 Å². The molecule has 88 valence electrons. The van der Waals surface area contributed by atoms with Crippen molar-refractivity contribution in [1.29, 1.82) is 5.26 Å². The average molecular weight is 228 g/mol. The Hall–Kier alpha value is -2.08. The van der Waals surface area contributed by atoms with Gasteiger partial charge in [-0.3, -0.25) is 4.79 Å². The molecule has 0 bridgehead atoms. The number of carbonyl (C=O) groups excluding carboxylic acids is 1. The van der Waals surface area contributed by atoms with Gasteiger partial charge in [-0.15, -0.1) is 0 Å². The second-order valence-electron chi connectivity index (χ2n) is 4.04. The van der Waals surface area contributed by atoms with Crippen molar-refractivity contribution >= 4 is 12.0 Å². The van der Waals surface area contributed by atoms with Crippen LogP contribution in [0.15, 0.2) is 17.7 Å². The van der Waals surface area contributed by atoms with Gasteiger partial charge in [-0.05, 0) is 49.1 Å². The van der Waals surface area contributed by atoms with Crippen LogP contribution in [0.2, 0.25) is 0 Å². The minimum Gasteiger partial charge on any atom is -0.354 e. The lowest BCUT2D eigenvalue weighted by molar-refractivity contribution is -0.116. The summed E-state index contributed by atoms with van der Waals surface area (Å²) in [5.41, 5.74) is 4.45. The number of aryl methyl sites for hydroxylation is 3. The Morgan fingerprint density at radius 1 is 1.24 bits per heavy atom. The molecule has 0 unspecified atom stereocenters. The van der Waals surface area contributed by atoms with Gasteiger partial charge < -0.3 is 5.32 Å². The second kappa shape index (κ2) is 5.31. The third-order valence-electron chi connectivity index (χ3n) is 2.77. The summed E-state index contributed by atoms with van der Waals surface area (Å²) >= 11 is 0. The summed E-state index contributed by atoms with van der Waals surface area (Å²) in [6, 6.07) is 5.96. The highest BCUT2D eigenvalue weighted by Crippen LogP contribution is 2.18. The monoisotopic (exact) mass is 228 g/mol. The summed E-state index contributed by atoms with van der Waals surface area (Å²) < 4.78 is 0. The van der Waals surface area contributed by atoms with E-state index < -0.39 is 0 Å². The molecular formula is C14H16N2O. The number of nitrogens with zero attached hydrogens (tertiary/aromatic N) is 1. The first-order valence-corrected chi connectivity index (χ1v) is 5.41. The Labute approximate surface area is 102 Å². The van der Waals surface area contributed by atoms with Crippen LogP contribution in [-0.4, -0.2) is 13.0 Å². The topological polar surface area (TPSA) is 52.9 Å². The summed E-state index contributed by atoms with van der Waals surface area (Å²) in [7, 11) is 1.51. The fourth-order valence-corrected chi connectivity index (χ4v) is 1.58. The Morgan fingerprint density at radius 3 is 2.35 bits per heavy atom. The lowest BCUT2D eigenvalue weighted by Gasteiger charge is -2.06. The molecule has 1 amide bonds. The fourth-order valence-electron chi connectivity index (χ4n) is 1.58. The molecule has 1 aromatic rings. The number of carbonyl (C=O) groups is 1. The Kier molecular flexibility index (Phi) is 4.06. The first kappa shape index (κ1) is 13.0. The van der Waals surface area contributed by atoms with Crippen LogP contribution < -0.4 is 5.32 Å². The summed E-state index contributed by atoms with van der Waals surface area (Å²) in [5, 5.41) is 11.4. The van der Waals surface area contributed by atoms with E-state index in [2.05, 4.69) is 11.4 Å². The van der Waals surface area contributed by atoms with Gasteiger partial charge in [0.1, 0.15) is 11.6 Å². The molecule has 0 atom stereocenters. The number of hydrogen-bond acceptors (Lipinski definition) is 2. The molecule has 1 N–H and O–H groups in total. The SMILES string of the molecule is CNC(=O)/C(C#N)=C/c1cc(C)c(C)cc1C. The molecule has 0 saturated heterocycles. The van der Waals surface area contributed by atoms with E-state index in [1.54, 1.807) is 6.08 Å². The molecule has 1 aromatic carbocycles. The lowest BCUT2D eigenvalue weighted by atomic mass is 9.99. The third-order valence-corrected chi connectivity index (χ3v) is 2.77. The van der Waals surface area contributed by atoms with Crippen LogP contribution in [-0.2, 0) is 4.79 Å². The first-order valence-electron chi connectivity index (χ1n) is 5.41. The number of benzene rings is 1. The molecule has 0 aromatic heterocycles. The van der Waals surface area contributed by atoms with Crippen LogP contribution in [0.25, 0.3) is 6.08 Å². The van der Waals surface area contributed by atoms with Crippen LogP contribution in [0.4, 0.5) is 0 Å². The molecule has 0 aliphatic heterocycles. The average Bonchev–Trinajstić information content (AvgIpc) is 2.31. The van der Waals surface area contributed by atoms with Crippen molar-refractivity contribution in [1.82, 2.24) is 5.32 Å². The van der Waals surface area contributed by atoms with E-state index in [1.165, 1.54) is 12.6 Å². The van der Waals surface area contributed by atoms with Gasteiger partial charge in [0, 0.05) is 7.05 Å². The molecule has 0 aliphatic carbocycles. The van der Waals surface area contributed by atoms with Gasteiger partial charge in [0.25, 0.3) is 5.91 Å². The zero-order valence-electron chi connectivity index (χ0n) is 10.6. The van der Waals surface area contributed by atoms with E-state index in [4.69, 9.17) is 5.26 Å². The smallest absolute Gasteiger partial charge is 0.261 e. The molecular weight excluding hydrogens is 212 g/mol. The maximum atomic E-state index is 11.4. The standard InChI is InChI=1S/C14H16N2O/c1-9-5-11(3)12(6-10(9)2)7-13(8-15)14(17)16-4/h5-7H,1-4H3,(H,16,17)/b13-7+. The van der Waals surface area contributed by atoms with Crippen molar-refractivity contribution in [3.05, 3.63) is 40.0 Å². The van der Waals surface area contributed by atoms with Gasteiger partial charge in [0.2, 0.25) is 0 Å². The van der Waals surface area contributed by atoms with Gasteiger partial charge in [-0.2, -0.15) is 5.26 Å². The normalized spacial score (nSPS) is 10.9.